The standard InChI is InChI=1S/C15H13ClF2N2O2/c1-19-8-10(5-6-14(19)21)15(22)20(9-13(17)18)12-4-2-3-11(16)7-12/h2-8,13H,9H2,1H3. The fourth-order valence-corrected chi connectivity index (χ4v) is 2.15. The number of alkyl halides is 2. The van der Waals surface area contributed by atoms with Gasteiger partial charge in [-0.25, -0.2) is 8.78 Å². The summed E-state index contributed by atoms with van der Waals surface area (Å²) in [4.78, 5) is 24.8. The van der Waals surface area contributed by atoms with Gasteiger partial charge in [-0.3, -0.25) is 9.59 Å². The third-order valence-electron chi connectivity index (χ3n) is 3.02. The van der Waals surface area contributed by atoms with Crippen LogP contribution in [0.15, 0.2) is 47.4 Å². The number of nitrogens with zero attached hydrogens (tertiary/aromatic N) is 2. The van der Waals surface area contributed by atoms with Gasteiger partial charge in [-0.15, -0.1) is 0 Å². The first-order valence-electron chi connectivity index (χ1n) is 6.41. The molecule has 0 atom stereocenters. The van der Waals surface area contributed by atoms with Crippen LogP contribution in [0, 0.1) is 0 Å². The number of aromatic nitrogens is 1. The highest BCUT2D eigenvalue weighted by molar-refractivity contribution is 6.31. The number of anilines is 1. The highest BCUT2D eigenvalue weighted by atomic mass is 35.5. The molecule has 2 aromatic rings. The molecule has 0 aliphatic rings. The van der Waals surface area contributed by atoms with Gasteiger partial charge in [0, 0.05) is 30.0 Å². The Morgan fingerprint density at radius 1 is 1.32 bits per heavy atom. The minimum atomic E-state index is -2.70. The van der Waals surface area contributed by atoms with Gasteiger partial charge in [-0.2, -0.15) is 0 Å². The van der Waals surface area contributed by atoms with E-state index in [9.17, 15) is 18.4 Å². The molecule has 0 spiro atoms. The summed E-state index contributed by atoms with van der Waals surface area (Å²) in [5, 5.41) is 0.338. The number of carbonyl (C=O) groups excluding carboxylic acids is 1. The molecule has 0 aliphatic heterocycles. The van der Waals surface area contributed by atoms with Crippen LogP contribution in [-0.2, 0) is 7.05 Å². The number of pyridine rings is 1. The second-order valence-electron chi connectivity index (χ2n) is 4.65. The topological polar surface area (TPSA) is 42.3 Å². The SMILES string of the molecule is Cn1cc(C(=O)N(CC(F)F)c2cccc(Cl)c2)ccc1=O. The van der Waals surface area contributed by atoms with Crippen LogP contribution in [-0.4, -0.2) is 23.4 Å². The predicted molar refractivity (Wildman–Crippen MR) is 80.8 cm³/mol. The summed E-state index contributed by atoms with van der Waals surface area (Å²) in [5.74, 6) is -0.627. The van der Waals surface area contributed by atoms with Crippen LogP contribution in [0.1, 0.15) is 10.4 Å². The first-order chi connectivity index (χ1) is 10.4. The van der Waals surface area contributed by atoms with Crippen molar-refractivity contribution < 1.29 is 13.6 Å². The normalized spacial score (nSPS) is 10.8. The van der Waals surface area contributed by atoms with E-state index in [1.165, 1.54) is 42.1 Å². The Bertz CT molecular complexity index is 746. The Balaban J connectivity index is 2.42. The van der Waals surface area contributed by atoms with E-state index in [1.807, 2.05) is 0 Å². The van der Waals surface area contributed by atoms with E-state index in [0.29, 0.717) is 5.02 Å². The van der Waals surface area contributed by atoms with Crippen molar-refractivity contribution in [3.05, 3.63) is 63.5 Å². The minimum absolute atomic E-state index is 0.141. The van der Waals surface area contributed by atoms with E-state index < -0.39 is 18.9 Å². The number of rotatable bonds is 4. The second kappa shape index (κ2) is 6.70. The lowest BCUT2D eigenvalue weighted by Crippen LogP contribution is -2.35. The lowest BCUT2D eigenvalue weighted by atomic mass is 10.2. The van der Waals surface area contributed by atoms with Gasteiger partial charge in [-0.05, 0) is 24.3 Å². The Hall–Kier alpha value is -2.21. The molecule has 0 bridgehead atoms. The number of amides is 1. The monoisotopic (exact) mass is 326 g/mol. The van der Waals surface area contributed by atoms with Crippen molar-refractivity contribution in [3.8, 4) is 0 Å². The Morgan fingerprint density at radius 3 is 2.64 bits per heavy atom. The Kier molecular flexibility index (Phi) is 4.92. The molecule has 7 heteroatoms. The van der Waals surface area contributed by atoms with Gasteiger partial charge in [0.25, 0.3) is 12.3 Å². The summed E-state index contributed by atoms with van der Waals surface area (Å²) in [6, 6.07) is 8.64. The van der Waals surface area contributed by atoms with Crippen LogP contribution >= 0.6 is 11.6 Å². The molecule has 0 saturated carbocycles. The lowest BCUT2D eigenvalue weighted by molar-refractivity contribution is 0.0945. The van der Waals surface area contributed by atoms with Crippen molar-refractivity contribution in [2.24, 2.45) is 7.05 Å². The molecule has 1 aromatic carbocycles. The number of hydrogen-bond donors (Lipinski definition) is 0. The van der Waals surface area contributed by atoms with Crippen LogP contribution in [0.25, 0.3) is 0 Å². The molecule has 0 saturated heterocycles. The van der Waals surface area contributed by atoms with Crippen molar-refractivity contribution >= 4 is 23.2 Å². The molecule has 2 rings (SSSR count). The van der Waals surface area contributed by atoms with E-state index in [4.69, 9.17) is 11.6 Å². The highest BCUT2D eigenvalue weighted by Gasteiger charge is 2.22. The molecule has 116 valence electrons. The zero-order valence-corrected chi connectivity index (χ0v) is 12.4. The van der Waals surface area contributed by atoms with Crippen molar-refractivity contribution in [2.45, 2.75) is 6.43 Å². The average Bonchev–Trinajstić information content (AvgIpc) is 2.47. The smallest absolute Gasteiger partial charge is 0.259 e. The van der Waals surface area contributed by atoms with Crippen LogP contribution in [0.3, 0.4) is 0 Å². The quantitative estimate of drug-likeness (QED) is 0.867. The summed E-state index contributed by atoms with van der Waals surface area (Å²) in [5.41, 5.74) is 0.120. The van der Waals surface area contributed by atoms with Crippen LogP contribution in [0.4, 0.5) is 14.5 Å². The molecular weight excluding hydrogens is 314 g/mol. The first kappa shape index (κ1) is 16.2. The van der Waals surface area contributed by atoms with Crippen LogP contribution < -0.4 is 10.5 Å². The molecule has 1 aromatic heterocycles. The molecule has 0 N–H and O–H groups in total. The van der Waals surface area contributed by atoms with Crippen molar-refractivity contribution in [1.82, 2.24) is 4.57 Å². The molecule has 0 radical (unpaired) electrons. The van der Waals surface area contributed by atoms with Gasteiger partial charge in [0.2, 0.25) is 5.56 Å². The number of benzene rings is 1. The number of halogens is 3. The third-order valence-corrected chi connectivity index (χ3v) is 3.25. The van der Waals surface area contributed by atoms with Gasteiger partial charge in [0.1, 0.15) is 0 Å². The molecule has 0 unspecified atom stereocenters. The molecule has 1 heterocycles. The molecule has 1 amide bonds. The molecule has 0 fully saturated rings. The zero-order chi connectivity index (χ0) is 16.3. The fourth-order valence-electron chi connectivity index (χ4n) is 1.96. The number of aryl methyl sites for hydroxylation is 1. The Morgan fingerprint density at radius 2 is 2.05 bits per heavy atom. The summed E-state index contributed by atoms with van der Waals surface area (Å²) < 4.78 is 26.8. The number of hydrogen-bond acceptors (Lipinski definition) is 2. The summed E-state index contributed by atoms with van der Waals surface area (Å²) >= 11 is 5.85. The van der Waals surface area contributed by atoms with Crippen LogP contribution in [0.2, 0.25) is 5.02 Å². The van der Waals surface area contributed by atoms with Crippen molar-refractivity contribution in [3.63, 3.8) is 0 Å². The van der Waals surface area contributed by atoms with Crippen LogP contribution in [0.5, 0.6) is 0 Å². The molecular formula is C15H13ClF2N2O2. The van der Waals surface area contributed by atoms with Gasteiger partial charge >= 0.3 is 0 Å². The van der Waals surface area contributed by atoms with Gasteiger partial charge in [0.05, 0.1) is 12.1 Å². The maximum atomic E-state index is 12.8. The van der Waals surface area contributed by atoms with E-state index >= 15 is 0 Å². The lowest BCUT2D eigenvalue weighted by Gasteiger charge is -2.23. The van der Waals surface area contributed by atoms with Crippen molar-refractivity contribution in [1.29, 1.82) is 0 Å². The first-order valence-corrected chi connectivity index (χ1v) is 6.78. The van der Waals surface area contributed by atoms with E-state index in [0.717, 1.165) is 4.90 Å². The summed E-state index contributed by atoms with van der Waals surface area (Å²) in [7, 11) is 1.48. The van der Waals surface area contributed by atoms with Gasteiger partial charge < -0.3 is 9.47 Å². The largest absolute Gasteiger partial charge is 0.318 e. The maximum Gasteiger partial charge on any atom is 0.259 e. The maximum absolute atomic E-state index is 12.8. The van der Waals surface area contributed by atoms with E-state index in [1.54, 1.807) is 12.1 Å². The predicted octanol–water partition coefficient (Wildman–Crippen LogP) is 2.95. The fraction of sp³-hybridized carbons (Fsp3) is 0.200. The molecule has 4 nitrogen and oxygen atoms in total. The van der Waals surface area contributed by atoms with E-state index in [2.05, 4.69) is 0 Å². The minimum Gasteiger partial charge on any atom is -0.318 e. The average molecular weight is 327 g/mol. The van der Waals surface area contributed by atoms with E-state index in [-0.39, 0.29) is 16.8 Å². The number of carbonyl (C=O) groups is 1. The summed E-state index contributed by atoms with van der Waals surface area (Å²) in [6.45, 7) is -0.762. The highest BCUT2D eigenvalue weighted by Crippen LogP contribution is 2.22. The summed E-state index contributed by atoms with van der Waals surface area (Å²) in [6.07, 6.45) is -1.39. The molecule has 22 heavy (non-hydrogen) atoms. The third kappa shape index (κ3) is 3.71. The van der Waals surface area contributed by atoms with Gasteiger partial charge in [0.15, 0.2) is 0 Å². The van der Waals surface area contributed by atoms with Gasteiger partial charge in [-0.1, -0.05) is 17.7 Å². The zero-order valence-electron chi connectivity index (χ0n) is 11.7. The second-order valence-corrected chi connectivity index (χ2v) is 5.09. The molecule has 0 aliphatic carbocycles. The van der Waals surface area contributed by atoms with Crippen molar-refractivity contribution in [2.75, 3.05) is 11.4 Å². The Labute approximate surface area is 130 Å².